The first-order valence-electron chi connectivity index (χ1n) is 9.22. The molecule has 0 bridgehead atoms. The van der Waals surface area contributed by atoms with Gasteiger partial charge in [0.1, 0.15) is 11.4 Å². The fourth-order valence-electron chi connectivity index (χ4n) is 3.97. The van der Waals surface area contributed by atoms with Gasteiger partial charge in [0.2, 0.25) is 0 Å². The summed E-state index contributed by atoms with van der Waals surface area (Å²) in [7, 11) is 0. The minimum absolute atomic E-state index is 0.107. The Morgan fingerprint density at radius 2 is 1.73 bits per heavy atom. The molecule has 0 aromatic heterocycles. The number of carbonyl (C=O) groups is 1. The number of nitrogens with zero attached hydrogens (tertiary/aromatic N) is 1. The molecular formula is C21H25N3O2. The van der Waals surface area contributed by atoms with Crippen LogP contribution in [0.25, 0.3) is 0 Å². The second kappa shape index (κ2) is 6.65. The minimum Gasteiger partial charge on any atom is -0.486 e. The van der Waals surface area contributed by atoms with E-state index in [2.05, 4.69) is 29.2 Å². The molecule has 1 fully saturated rings. The van der Waals surface area contributed by atoms with Crippen molar-refractivity contribution in [3.8, 4) is 5.75 Å². The van der Waals surface area contributed by atoms with Crippen LogP contribution >= 0.6 is 0 Å². The highest BCUT2D eigenvalue weighted by Gasteiger charge is 2.43. The van der Waals surface area contributed by atoms with E-state index in [0.29, 0.717) is 29.1 Å². The molecule has 5 heteroatoms. The summed E-state index contributed by atoms with van der Waals surface area (Å²) in [6, 6.07) is 13.9. The van der Waals surface area contributed by atoms with Crippen molar-refractivity contribution >= 4 is 17.2 Å². The van der Waals surface area contributed by atoms with Crippen molar-refractivity contribution in [2.75, 3.05) is 31.1 Å². The van der Waals surface area contributed by atoms with E-state index in [9.17, 15) is 4.79 Å². The zero-order chi connectivity index (χ0) is 18.1. The van der Waals surface area contributed by atoms with Gasteiger partial charge in [-0.3, -0.25) is 4.79 Å². The molecule has 1 spiro atoms. The SMILES string of the molecule is Nc1cc2c(cc1N)C(=O)CC1(CCN(CCc3ccccc3)CC1)O2. The highest BCUT2D eigenvalue weighted by atomic mass is 16.5. The highest BCUT2D eigenvalue weighted by Crippen LogP contribution is 2.41. The van der Waals surface area contributed by atoms with E-state index in [1.807, 2.05) is 6.07 Å². The standard InChI is InChI=1S/C21H25N3O2/c22-17-12-16-19(25)14-21(26-20(16)13-18(17)23)7-10-24(11-8-21)9-6-15-4-2-1-3-5-15/h1-5,12-13H,6-11,14,22-23H2. The summed E-state index contributed by atoms with van der Waals surface area (Å²) in [5.74, 6) is 0.696. The molecule has 1 saturated heterocycles. The summed E-state index contributed by atoms with van der Waals surface area (Å²) < 4.78 is 6.29. The minimum atomic E-state index is -0.393. The van der Waals surface area contributed by atoms with Crippen molar-refractivity contribution < 1.29 is 9.53 Å². The van der Waals surface area contributed by atoms with Gasteiger partial charge >= 0.3 is 0 Å². The number of nitrogen functional groups attached to an aromatic ring is 2. The van der Waals surface area contributed by atoms with Gasteiger partial charge in [0.05, 0.1) is 23.4 Å². The number of carbonyl (C=O) groups excluding carboxylic acids is 1. The quantitative estimate of drug-likeness (QED) is 0.831. The molecule has 0 amide bonds. The number of benzene rings is 2. The lowest BCUT2D eigenvalue weighted by Crippen LogP contribution is -2.51. The molecule has 2 aliphatic rings. The van der Waals surface area contributed by atoms with E-state index < -0.39 is 5.60 Å². The predicted octanol–water partition coefficient (Wildman–Crippen LogP) is 2.89. The molecule has 5 nitrogen and oxygen atoms in total. The third kappa shape index (κ3) is 3.27. The van der Waals surface area contributed by atoms with Crippen molar-refractivity contribution in [3.63, 3.8) is 0 Å². The fourth-order valence-corrected chi connectivity index (χ4v) is 3.97. The number of rotatable bonds is 3. The van der Waals surface area contributed by atoms with Crippen LogP contribution in [0.3, 0.4) is 0 Å². The van der Waals surface area contributed by atoms with Gasteiger partial charge in [-0.1, -0.05) is 30.3 Å². The number of anilines is 2. The first-order chi connectivity index (χ1) is 12.5. The Bertz CT molecular complexity index is 812. The molecule has 2 aliphatic heterocycles. The summed E-state index contributed by atoms with van der Waals surface area (Å²) in [6.45, 7) is 2.92. The van der Waals surface area contributed by atoms with E-state index in [0.717, 1.165) is 38.9 Å². The topological polar surface area (TPSA) is 81.6 Å². The summed E-state index contributed by atoms with van der Waals surface area (Å²) in [4.78, 5) is 15.1. The normalized spacial score (nSPS) is 19.2. The number of hydrogen-bond acceptors (Lipinski definition) is 5. The van der Waals surface area contributed by atoms with Crippen LogP contribution in [0.4, 0.5) is 11.4 Å². The van der Waals surface area contributed by atoms with Crippen molar-refractivity contribution in [1.82, 2.24) is 4.90 Å². The van der Waals surface area contributed by atoms with E-state index in [4.69, 9.17) is 16.2 Å². The molecule has 4 N–H and O–H groups in total. The van der Waals surface area contributed by atoms with Gasteiger partial charge in [0.25, 0.3) is 0 Å². The first kappa shape index (κ1) is 16.9. The summed E-state index contributed by atoms with van der Waals surface area (Å²) in [5, 5.41) is 0. The third-order valence-corrected chi connectivity index (χ3v) is 5.62. The molecule has 0 radical (unpaired) electrons. The fraction of sp³-hybridized carbons (Fsp3) is 0.381. The maximum atomic E-state index is 12.6. The Labute approximate surface area is 153 Å². The summed E-state index contributed by atoms with van der Waals surface area (Å²) in [6.07, 6.45) is 3.19. The van der Waals surface area contributed by atoms with E-state index in [1.165, 1.54) is 5.56 Å². The Morgan fingerprint density at radius 1 is 1.04 bits per heavy atom. The number of ketones is 1. The number of Topliss-reactive ketones (excluding diaryl/α,β-unsaturated/α-hetero) is 1. The van der Waals surface area contributed by atoms with Crippen molar-refractivity contribution in [2.45, 2.75) is 31.3 Å². The molecule has 0 saturated carbocycles. The van der Waals surface area contributed by atoms with Gasteiger partial charge < -0.3 is 21.1 Å². The first-order valence-corrected chi connectivity index (χ1v) is 9.22. The lowest BCUT2D eigenvalue weighted by atomic mass is 9.82. The van der Waals surface area contributed by atoms with Crippen LogP contribution in [0, 0.1) is 0 Å². The average Bonchev–Trinajstić information content (AvgIpc) is 2.64. The third-order valence-electron chi connectivity index (χ3n) is 5.62. The van der Waals surface area contributed by atoms with E-state index >= 15 is 0 Å². The van der Waals surface area contributed by atoms with Gasteiger partial charge in [0.15, 0.2) is 5.78 Å². The highest BCUT2D eigenvalue weighted by molar-refractivity contribution is 6.02. The Hall–Kier alpha value is -2.53. The Balaban J connectivity index is 1.40. The van der Waals surface area contributed by atoms with E-state index in [1.54, 1.807) is 12.1 Å². The largest absolute Gasteiger partial charge is 0.486 e. The van der Waals surface area contributed by atoms with Crippen LogP contribution < -0.4 is 16.2 Å². The maximum absolute atomic E-state index is 12.6. The van der Waals surface area contributed by atoms with Crippen LogP contribution in [0.15, 0.2) is 42.5 Å². The van der Waals surface area contributed by atoms with Crippen molar-refractivity contribution in [3.05, 3.63) is 53.6 Å². The molecule has 0 aliphatic carbocycles. The molecule has 136 valence electrons. The van der Waals surface area contributed by atoms with Crippen LogP contribution in [0.1, 0.15) is 35.2 Å². The molecular weight excluding hydrogens is 326 g/mol. The Kier molecular flexibility index (Phi) is 4.32. The lowest BCUT2D eigenvalue weighted by molar-refractivity contribution is -0.00859. The number of hydrogen-bond donors (Lipinski definition) is 2. The number of nitrogens with two attached hydrogens (primary N) is 2. The van der Waals surface area contributed by atoms with Crippen LogP contribution in [0.5, 0.6) is 5.75 Å². The number of likely N-dealkylation sites (tertiary alicyclic amines) is 1. The second-order valence-electron chi connectivity index (χ2n) is 7.44. The van der Waals surface area contributed by atoms with Crippen molar-refractivity contribution in [1.29, 1.82) is 0 Å². The number of fused-ring (bicyclic) bond motifs is 1. The molecule has 0 unspecified atom stereocenters. The van der Waals surface area contributed by atoms with Crippen LogP contribution in [0.2, 0.25) is 0 Å². The van der Waals surface area contributed by atoms with Crippen molar-refractivity contribution in [2.24, 2.45) is 0 Å². The summed E-state index contributed by atoms with van der Waals surface area (Å²) in [5.41, 5.74) is 14.2. The van der Waals surface area contributed by atoms with Crippen LogP contribution in [-0.2, 0) is 6.42 Å². The maximum Gasteiger partial charge on any atom is 0.170 e. The number of ether oxygens (including phenoxy) is 1. The average molecular weight is 351 g/mol. The Morgan fingerprint density at radius 3 is 2.46 bits per heavy atom. The summed E-state index contributed by atoms with van der Waals surface area (Å²) >= 11 is 0. The molecule has 2 aromatic rings. The van der Waals surface area contributed by atoms with Gasteiger partial charge in [-0.05, 0) is 18.1 Å². The lowest BCUT2D eigenvalue weighted by Gasteiger charge is -2.44. The molecule has 2 aromatic carbocycles. The van der Waals surface area contributed by atoms with Gasteiger partial charge in [-0.2, -0.15) is 0 Å². The van der Waals surface area contributed by atoms with Crippen LogP contribution in [-0.4, -0.2) is 35.9 Å². The zero-order valence-corrected chi connectivity index (χ0v) is 14.9. The number of piperidine rings is 1. The molecule has 0 atom stereocenters. The molecule has 26 heavy (non-hydrogen) atoms. The van der Waals surface area contributed by atoms with E-state index in [-0.39, 0.29) is 5.78 Å². The van der Waals surface area contributed by atoms with Gasteiger partial charge in [-0.15, -0.1) is 0 Å². The van der Waals surface area contributed by atoms with Gasteiger partial charge in [0, 0.05) is 38.5 Å². The second-order valence-corrected chi connectivity index (χ2v) is 7.44. The monoisotopic (exact) mass is 351 g/mol. The predicted molar refractivity (Wildman–Crippen MR) is 103 cm³/mol. The smallest absolute Gasteiger partial charge is 0.170 e. The van der Waals surface area contributed by atoms with Gasteiger partial charge in [-0.25, -0.2) is 0 Å². The molecule has 4 rings (SSSR count). The molecule has 2 heterocycles. The zero-order valence-electron chi connectivity index (χ0n) is 14.9.